The van der Waals surface area contributed by atoms with Crippen molar-refractivity contribution < 1.29 is 9.53 Å². The SMILES string of the molecule is COc1ccc(C2CCCN2C(=O)c2cc(C)n(Cc3ccccn3)c2C)cc1. The highest BCUT2D eigenvalue weighted by atomic mass is 16.5. The van der Waals surface area contributed by atoms with Gasteiger partial charge >= 0.3 is 0 Å². The summed E-state index contributed by atoms with van der Waals surface area (Å²) in [6.45, 7) is 5.55. The highest BCUT2D eigenvalue weighted by molar-refractivity contribution is 5.96. The summed E-state index contributed by atoms with van der Waals surface area (Å²) in [6, 6.07) is 16.1. The van der Waals surface area contributed by atoms with Gasteiger partial charge in [-0.2, -0.15) is 0 Å². The molecule has 2 aromatic heterocycles. The first kappa shape index (κ1) is 19.2. The average molecular weight is 389 g/mol. The molecule has 5 nitrogen and oxygen atoms in total. The Kier molecular flexibility index (Phi) is 5.38. The fourth-order valence-electron chi connectivity index (χ4n) is 4.25. The maximum Gasteiger partial charge on any atom is 0.256 e. The van der Waals surface area contributed by atoms with Crippen LogP contribution in [0.2, 0.25) is 0 Å². The van der Waals surface area contributed by atoms with Crippen LogP contribution in [-0.4, -0.2) is 34.0 Å². The molecule has 0 radical (unpaired) electrons. The maximum absolute atomic E-state index is 13.5. The number of carbonyl (C=O) groups excluding carboxylic acids is 1. The fourth-order valence-corrected chi connectivity index (χ4v) is 4.25. The van der Waals surface area contributed by atoms with E-state index in [0.29, 0.717) is 6.54 Å². The van der Waals surface area contributed by atoms with Gasteiger partial charge in [0.2, 0.25) is 0 Å². The lowest BCUT2D eigenvalue weighted by Gasteiger charge is -2.25. The monoisotopic (exact) mass is 389 g/mol. The van der Waals surface area contributed by atoms with Crippen LogP contribution in [0.25, 0.3) is 0 Å². The van der Waals surface area contributed by atoms with Crippen molar-refractivity contribution in [3.8, 4) is 5.75 Å². The second kappa shape index (κ2) is 8.11. The van der Waals surface area contributed by atoms with E-state index in [0.717, 1.165) is 47.8 Å². The van der Waals surface area contributed by atoms with E-state index in [2.05, 4.69) is 28.6 Å². The summed E-state index contributed by atoms with van der Waals surface area (Å²) in [5.74, 6) is 0.950. The molecule has 1 unspecified atom stereocenters. The van der Waals surface area contributed by atoms with E-state index in [4.69, 9.17) is 4.74 Å². The van der Waals surface area contributed by atoms with Crippen LogP contribution in [-0.2, 0) is 6.54 Å². The number of aryl methyl sites for hydroxylation is 1. The quantitative estimate of drug-likeness (QED) is 0.644. The Balaban J connectivity index is 1.59. The molecular weight excluding hydrogens is 362 g/mol. The Morgan fingerprint density at radius 2 is 1.97 bits per heavy atom. The lowest BCUT2D eigenvalue weighted by atomic mass is 10.0. The van der Waals surface area contributed by atoms with Crippen molar-refractivity contribution in [1.29, 1.82) is 0 Å². The van der Waals surface area contributed by atoms with Gasteiger partial charge in [0.15, 0.2) is 0 Å². The first-order valence-corrected chi connectivity index (χ1v) is 10.1. The molecule has 1 aliphatic rings. The third-order valence-electron chi connectivity index (χ3n) is 5.86. The van der Waals surface area contributed by atoms with Crippen molar-refractivity contribution >= 4 is 5.91 Å². The van der Waals surface area contributed by atoms with Crippen molar-refractivity contribution in [2.24, 2.45) is 0 Å². The Morgan fingerprint density at radius 1 is 1.17 bits per heavy atom. The predicted molar refractivity (Wildman–Crippen MR) is 113 cm³/mol. The minimum Gasteiger partial charge on any atom is -0.497 e. The van der Waals surface area contributed by atoms with Gasteiger partial charge in [0.1, 0.15) is 5.75 Å². The van der Waals surface area contributed by atoms with Crippen LogP contribution in [0.4, 0.5) is 0 Å². The van der Waals surface area contributed by atoms with Gasteiger partial charge in [-0.1, -0.05) is 18.2 Å². The van der Waals surface area contributed by atoms with E-state index in [1.807, 2.05) is 48.2 Å². The van der Waals surface area contributed by atoms with Gasteiger partial charge in [0.05, 0.1) is 31.0 Å². The van der Waals surface area contributed by atoms with E-state index in [1.54, 1.807) is 13.3 Å². The molecular formula is C24H27N3O2. The zero-order valence-electron chi connectivity index (χ0n) is 17.3. The zero-order chi connectivity index (χ0) is 20.4. The second-order valence-electron chi connectivity index (χ2n) is 7.62. The predicted octanol–water partition coefficient (Wildman–Crippen LogP) is 4.53. The molecule has 1 aromatic carbocycles. The number of benzene rings is 1. The van der Waals surface area contributed by atoms with E-state index < -0.39 is 0 Å². The number of pyridine rings is 1. The lowest BCUT2D eigenvalue weighted by molar-refractivity contribution is 0.0735. The smallest absolute Gasteiger partial charge is 0.256 e. The fraction of sp³-hybridized carbons (Fsp3) is 0.333. The van der Waals surface area contributed by atoms with Crippen molar-refractivity contribution in [3.63, 3.8) is 0 Å². The van der Waals surface area contributed by atoms with Crippen molar-refractivity contribution in [3.05, 3.63) is 82.9 Å². The molecule has 0 N–H and O–H groups in total. The minimum atomic E-state index is 0.115. The van der Waals surface area contributed by atoms with Crippen LogP contribution >= 0.6 is 0 Å². The topological polar surface area (TPSA) is 47.4 Å². The van der Waals surface area contributed by atoms with Gasteiger partial charge in [-0.25, -0.2) is 0 Å². The molecule has 1 saturated heterocycles. The van der Waals surface area contributed by atoms with E-state index in [1.165, 1.54) is 5.56 Å². The van der Waals surface area contributed by atoms with Crippen molar-refractivity contribution in [2.75, 3.05) is 13.7 Å². The van der Waals surface area contributed by atoms with Crippen molar-refractivity contribution in [1.82, 2.24) is 14.5 Å². The van der Waals surface area contributed by atoms with Gasteiger partial charge in [0, 0.05) is 24.1 Å². The zero-order valence-corrected chi connectivity index (χ0v) is 17.3. The summed E-state index contributed by atoms with van der Waals surface area (Å²) >= 11 is 0. The summed E-state index contributed by atoms with van der Waals surface area (Å²) in [5.41, 5.74) is 5.03. The number of methoxy groups -OCH3 is 1. The van der Waals surface area contributed by atoms with Crippen molar-refractivity contribution in [2.45, 2.75) is 39.3 Å². The van der Waals surface area contributed by atoms with Gasteiger partial charge in [-0.3, -0.25) is 9.78 Å². The Hall–Kier alpha value is -3.08. The normalized spacial score (nSPS) is 16.2. The van der Waals surface area contributed by atoms with E-state index in [9.17, 15) is 4.79 Å². The molecule has 1 fully saturated rings. The summed E-state index contributed by atoms with van der Waals surface area (Å²) < 4.78 is 7.44. The molecule has 3 aromatic rings. The molecule has 150 valence electrons. The Bertz CT molecular complexity index is 993. The number of aromatic nitrogens is 2. The highest BCUT2D eigenvalue weighted by Crippen LogP contribution is 2.34. The molecule has 0 aliphatic carbocycles. The largest absolute Gasteiger partial charge is 0.497 e. The molecule has 4 rings (SSSR count). The molecule has 1 atom stereocenters. The molecule has 0 saturated carbocycles. The molecule has 5 heteroatoms. The van der Waals surface area contributed by atoms with E-state index >= 15 is 0 Å². The number of rotatable bonds is 5. The van der Waals surface area contributed by atoms with E-state index in [-0.39, 0.29) is 11.9 Å². The summed E-state index contributed by atoms with van der Waals surface area (Å²) in [6.07, 6.45) is 3.82. The van der Waals surface area contributed by atoms with Crippen LogP contribution in [0.5, 0.6) is 5.75 Å². The third-order valence-corrected chi connectivity index (χ3v) is 5.86. The number of amides is 1. The van der Waals surface area contributed by atoms with Crippen LogP contribution < -0.4 is 4.74 Å². The van der Waals surface area contributed by atoms with Gasteiger partial charge in [0.25, 0.3) is 5.91 Å². The Labute approximate surface area is 171 Å². The van der Waals surface area contributed by atoms with Gasteiger partial charge < -0.3 is 14.2 Å². The Morgan fingerprint density at radius 3 is 2.66 bits per heavy atom. The molecule has 1 aliphatic heterocycles. The highest BCUT2D eigenvalue weighted by Gasteiger charge is 2.32. The summed E-state index contributed by atoms with van der Waals surface area (Å²) in [4.78, 5) is 19.9. The molecule has 0 spiro atoms. The van der Waals surface area contributed by atoms with Crippen LogP contribution in [0.3, 0.4) is 0 Å². The van der Waals surface area contributed by atoms with Crippen LogP contribution in [0, 0.1) is 13.8 Å². The lowest BCUT2D eigenvalue weighted by Crippen LogP contribution is -2.30. The van der Waals surface area contributed by atoms with Gasteiger partial charge in [-0.15, -0.1) is 0 Å². The van der Waals surface area contributed by atoms with Crippen LogP contribution in [0.15, 0.2) is 54.7 Å². The summed E-state index contributed by atoms with van der Waals surface area (Å²) in [7, 11) is 1.67. The number of hydrogen-bond donors (Lipinski definition) is 0. The molecule has 29 heavy (non-hydrogen) atoms. The first-order valence-electron chi connectivity index (χ1n) is 10.1. The second-order valence-corrected chi connectivity index (χ2v) is 7.62. The standard InChI is InChI=1S/C24H27N3O2/c1-17-15-22(18(2)27(17)16-20-7-4-5-13-25-20)24(28)26-14-6-8-23(26)19-9-11-21(29-3)12-10-19/h4-5,7,9-13,15,23H,6,8,14,16H2,1-3H3. The number of likely N-dealkylation sites (tertiary alicyclic amines) is 1. The number of carbonyl (C=O) groups is 1. The number of hydrogen-bond acceptors (Lipinski definition) is 3. The molecule has 1 amide bonds. The number of nitrogens with zero attached hydrogens (tertiary/aromatic N) is 3. The van der Waals surface area contributed by atoms with Gasteiger partial charge in [-0.05, 0) is 62.6 Å². The maximum atomic E-state index is 13.5. The number of ether oxygens (including phenoxy) is 1. The van der Waals surface area contributed by atoms with Crippen LogP contribution in [0.1, 0.15) is 51.9 Å². The summed E-state index contributed by atoms with van der Waals surface area (Å²) in [5, 5.41) is 0. The molecule has 0 bridgehead atoms. The third kappa shape index (κ3) is 3.77. The first-order chi connectivity index (χ1) is 14.1. The average Bonchev–Trinajstić information content (AvgIpc) is 3.35. The molecule has 3 heterocycles. The minimum absolute atomic E-state index is 0.115.